The number of hydrogen-bond donors (Lipinski definition) is 0. The average molecular weight is 411 g/mol. The molecule has 0 N–H and O–H groups in total. The maximum atomic E-state index is 12.5. The van der Waals surface area contributed by atoms with E-state index in [-0.39, 0.29) is 23.0 Å². The third-order valence-electron chi connectivity index (χ3n) is 6.25. The van der Waals surface area contributed by atoms with Crippen molar-refractivity contribution in [3.8, 4) is 5.75 Å². The maximum Gasteiger partial charge on any atom is 0.227 e. The van der Waals surface area contributed by atoms with Gasteiger partial charge in [-0.15, -0.1) is 0 Å². The number of carbonyl (C=O) groups excluding carboxylic acids is 1. The molecule has 1 aromatic heterocycles. The van der Waals surface area contributed by atoms with Crippen LogP contribution in [-0.4, -0.2) is 36.4 Å². The third-order valence-corrected chi connectivity index (χ3v) is 6.25. The van der Waals surface area contributed by atoms with Gasteiger partial charge in [-0.3, -0.25) is 14.5 Å². The predicted molar refractivity (Wildman–Crippen MR) is 114 cm³/mol. The van der Waals surface area contributed by atoms with Crippen LogP contribution < -0.4 is 10.2 Å². The standard InChI is InChI=1S/C24H30N2O4/c1-25(2)24(28)18-9-7-17(8-10-18)15-30-23-16-29-21(11-22(23)27)14-26-12-19-5-3-4-6-20(19)13-26/h3-6,11,16-18H,7-10,12-15H2,1-2H3. The zero-order chi connectivity index (χ0) is 21.1. The average Bonchev–Trinajstić information content (AvgIpc) is 3.15. The second-order valence-electron chi connectivity index (χ2n) is 8.75. The minimum Gasteiger partial charge on any atom is -0.486 e. The van der Waals surface area contributed by atoms with Gasteiger partial charge in [0.2, 0.25) is 17.1 Å². The Kier molecular flexibility index (Phi) is 6.23. The number of rotatable bonds is 6. The van der Waals surface area contributed by atoms with Crippen molar-refractivity contribution in [1.29, 1.82) is 0 Å². The van der Waals surface area contributed by atoms with Crippen molar-refractivity contribution < 1.29 is 13.9 Å². The lowest BCUT2D eigenvalue weighted by Gasteiger charge is -2.29. The monoisotopic (exact) mass is 410 g/mol. The van der Waals surface area contributed by atoms with Gasteiger partial charge in [-0.25, -0.2) is 0 Å². The summed E-state index contributed by atoms with van der Waals surface area (Å²) in [7, 11) is 3.62. The van der Waals surface area contributed by atoms with Crippen LogP contribution >= 0.6 is 0 Å². The molecule has 0 bridgehead atoms. The molecule has 1 aliphatic heterocycles. The molecule has 4 rings (SSSR count). The number of fused-ring (bicyclic) bond motifs is 1. The van der Waals surface area contributed by atoms with Crippen LogP contribution in [0.5, 0.6) is 5.75 Å². The zero-order valence-corrected chi connectivity index (χ0v) is 17.8. The fourth-order valence-corrected chi connectivity index (χ4v) is 4.51. The topological polar surface area (TPSA) is 63.0 Å². The van der Waals surface area contributed by atoms with Crippen LogP contribution in [0.1, 0.15) is 42.6 Å². The molecule has 0 spiro atoms. The SMILES string of the molecule is CN(C)C(=O)C1CCC(COc2coc(CN3Cc4ccccc4C3)cc2=O)CC1. The van der Waals surface area contributed by atoms with E-state index in [1.54, 1.807) is 11.0 Å². The molecule has 0 radical (unpaired) electrons. The summed E-state index contributed by atoms with van der Waals surface area (Å²) >= 11 is 0. The summed E-state index contributed by atoms with van der Waals surface area (Å²) in [6, 6.07) is 9.95. The lowest BCUT2D eigenvalue weighted by atomic mass is 9.82. The van der Waals surface area contributed by atoms with Crippen LogP contribution in [0.2, 0.25) is 0 Å². The van der Waals surface area contributed by atoms with Crippen molar-refractivity contribution in [3.05, 3.63) is 63.7 Å². The molecule has 6 heteroatoms. The lowest BCUT2D eigenvalue weighted by molar-refractivity contribution is -0.134. The molecular formula is C24H30N2O4. The Morgan fingerprint density at radius 3 is 2.40 bits per heavy atom. The summed E-state index contributed by atoms with van der Waals surface area (Å²) < 4.78 is 11.5. The number of nitrogens with zero attached hydrogens (tertiary/aromatic N) is 2. The molecule has 1 amide bonds. The van der Waals surface area contributed by atoms with Gasteiger partial charge in [0, 0.05) is 39.2 Å². The van der Waals surface area contributed by atoms with E-state index in [1.807, 2.05) is 14.1 Å². The van der Waals surface area contributed by atoms with E-state index < -0.39 is 0 Å². The minimum absolute atomic E-state index is 0.123. The van der Waals surface area contributed by atoms with E-state index in [0.717, 1.165) is 38.8 Å². The van der Waals surface area contributed by atoms with Crippen molar-refractivity contribution in [2.24, 2.45) is 11.8 Å². The van der Waals surface area contributed by atoms with Gasteiger partial charge in [0.25, 0.3) is 0 Å². The molecule has 2 aliphatic rings. The van der Waals surface area contributed by atoms with Crippen LogP contribution in [0, 0.1) is 11.8 Å². The molecule has 0 saturated heterocycles. The van der Waals surface area contributed by atoms with Gasteiger partial charge in [0.05, 0.1) is 13.2 Å². The summed E-state index contributed by atoms with van der Waals surface area (Å²) in [6.45, 7) is 2.84. The number of carbonyl (C=O) groups is 1. The number of benzene rings is 1. The number of hydrogen-bond acceptors (Lipinski definition) is 5. The lowest BCUT2D eigenvalue weighted by Crippen LogP contribution is -2.33. The second-order valence-corrected chi connectivity index (χ2v) is 8.75. The summed E-state index contributed by atoms with van der Waals surface area (Å²) in [5, 5.41) is 0. The van der Waals surface area contributed by atoms with Crippen LogP contribution in [-0.2, 0) is 24.4 Å². The van der Waals surface area contributed by atoms with Crippen molar-refractivity contribution in [3.63, 3.8) is 0 Å². The van der Waals surface area contributed by atoms with Crippen LogP contribution in [0.4, 0.5) is 0 Å². The molecule has 6 nitrogen and oxygen atoms in total. The van der Waals surface area contributed by atoms with E-state index in [4.69, 9.17) is 9.15 Å². The Morgan fingerprint density at radius 2 is 1.80 bits per heavy atom. The molecule has 160 valence electrons. The summed E-state index contributed by atoms with van der Waals surface area (Å²) in [5.74, 6) is 1.64. The van der Waals surface area contributed by atoms with Gasteiger partial charge in [0.1, 0.15) is 12.0 Å². The maximum absolute atomic E-state index is 12.5. The van der Waals surface area contributed by atoms with Gasteiger partial charge in [0.15, 0.2) is 0 Å². The summed E-state index contributed by atoms with van der Waals surface area (Å²) in [5.41, 5.74) is 2.54. The molecule has 1 aromatic carbocycles. The normalized spacial score (nSPS) is 21.3. The molecule has 2 aromatic rings. The highest BCUT2D eigenvalue weighted by Gasteiger charge is 2.27. The van der Waals surface area contributed by atoms with Crippen molar-refractivity contribution in [2.45, 2.75) is 45.3 Å². The summed E-state index contributed by atoms with van der Waals surface area (Å²) in [6.07, 6.45) is 5.11. The van der Waals surface area contributed by atoms with Crippen LogP contribution in [0.15, 0.2) is 45.8 Å². The van der Waals surface area contributed by atoms with Crippen molar-refractivity contribution >= 4 is 5.91 Å². The van der Waals surface area contributed by atoms with E-state index >= 15 is 0 Å². The van der Waals surface area contributed by atoms with Gasteiger partial charge in [-0.05, 0) is 42.7 Å². The zero-order valence-electron chi connectivity index (χ0n) is 17.8. The van der Waals surface area contributed by atoms with E-state index in [0.29, 0.717) is 24.8 Å². The highest BCUT2D eigenvalue weighted by atomic mass is 16.5. The molecule has 0 atom stereocenters. The van der Waals surface area contributed by atoms with Gasteiger partial charge in [-0.1, -0.05) is 24.3 Å². The Balaban J connectivity index is 1.26. The molecule has 1 fully saturated rings. The van der Waals surface area contributed by atoms with Gasteiger partial charge in [-0.2, -0.15) is 0 Å². The first-order valence-electron chi connectivity index (χ1n) is 10.7. The molecular weight excluding hydrogens is 380 g/mol. The first-order valence-corrected chi connectivity index (χ1v) is 10.7. The first kappa shape index (κ1) is 20.7. The predicted octanol–water partition coefficient (Wildman–Crippen LogP) is 3.43. The largest absolute Gasteiger partial charge is 0.486 e. The fraction of sp³-hybridized carbons (Fsp3) is 0.500. The Hall–Kier alpha value is -2.60. The quantitative estimate of drug-likeness (QED) is 0.730. The Labute approximate surface area is 177 Å². The second kappa shape index (κ2) is 9.04. The van der Waals surface area contributed by atoms with Crippen LogP contribution in [0.3, 0.4) is 0 Å². The minimum atomic E-state index is -0.135. The number of ether oxygens (including phenoxy) is 1. The van der Waals surface area contributed by atoms with Gasteiger partial charge < -0.3 is 14.1 Å². The fourth-order valence-electron chi connectivity index (χ4n) is 4.51. The highest BCUT2D eigenvalue weighted by Crippen LogP contribution is 2.30. The van der Waals surface area contributed by atoms with Crippen LogP contribution in [0.25, 0.3) is 0 Å². The van der Waals surface area contributed by atoms with Gasteiger partial charge >= 0.3 is 0 Å². The molecule has 1 saturated carbocycles. The molecule has 2 heterocycles. The molecule has 30 heavy (non-hydrogen) atoms. The molecule has 0 unspecified atom stereocenters. The highest BCUT2D eigenvalue weighted by molar-refractivity contribution is 5.78. The van der Waals surface area contributed by atoms with E-state index in [1.165, 1.54) is 17.4 Å². The Morgan fingerprint density at radius 1 is 1.13 bits per heavy atom. The van der Waals surface area contributed by atoms with E-state index in [9.17, 15) is 9.59 Å². The number of amides is 1. The first-order chi connectivity index (χ1) is 14.5. The molecule has 1 aliphatic carbocycles. The smallest absolute Gasteiger partial charge is 0.227 e. The Bertz CT molecular complexity index is 919. The summed E-state index contributed by atoms with van der Waals surface area (Å²) in [4.78, 5) is 28.5. The van der Waals surface area contributed by atoms with E-state index in [2.05, 4.69) is 29.2 Å². The van der Waals surface area contributed by atoms with Crippen molar-refractivity contribution in [1.82, 2.24) is 9.80 Å². The third kappa shape index (κ3) is 4.75. The van der Waals surface area contributed by atoms with Crippen molar-refractivity contribution in [2.75, 3.05) is 20.7 Å².